The Kier molecular flexibility index (Phi) is 11.1. The number of aryl methyl sites for hydroxylation is 2. The first-order valence-electron chi connectivity index (χ1n) is 14.6. The lowest BCUT2D eigenvalue weighted by Crippen LogP contribution is -2.64. The highest BCUT2D eigenvalue weighted by Crippen LogP contribution is 2.31. The van der Waals surface area contributed by atoms with Gasteiger partial charge in [0.1, 0.15) is 53.2 Å². The van der Waals surface area contributed by atoms with Crippen molar-refractivity contribution in [2.24, 2.45) is 0 Å². The van der Waals surface area contributed by atoms with Crippen molar-refractivity contribution in [2.75, 3.05) is 0 Å². The molecule has 0 bridgehead atoms. The van der Waals surface area contributed by atoms with Gasteiger partial charge in [0, 0.05) is 35.0 Å². The molecule has 4 aromatic rings. The van der Waals surface area contributed by atoms with E-state index >= 15 is 0 Å². The van der Waals surface area contributed by atoms with Crippen LogP contribution in [0.25, 0.3) is 21.9 Å². The zero-order chi connectivity index (χ0) is 33.7. The quantitative estimate of drug-likeness (QED) is 0.114. The molecule has 2 fully saturated rings. The van der Waals surface area contributed by atoms with Crippen LogP contribution < -0.4 is 20.7 Å². The molecule has 2 aromatic heterocycles. The maximum Gasteiger partial charge on any atom is 0.338 e. The number of fused-ring (bicyclic) bond motifs is 2. The number of hydrogen-bond donors (Lipinski definition) is 5. The zero-order valence-corrected chi connectivity index (χ0v) is 26.2. The normalized spacial score (nSPS) is 29.8. The van der Waals surface area contributed by atoms with Crippen LogP contribution in [0.1, 0.15) is 18.1 Å². The summed E-state index contributed by atoms with van der Waals surface area (Å²) in [5.74, 6) is -1.18. The SMILES string of the molecule is Cc1cc(=O)oc2cc(O[C@@H]3O[C@H](C(=O)O[C@H]4[C@H](Oc5ccc6c(C)cc(=O)oc6c5)O[C@H](C)[C@@H](O)[C@@H]4O)[C@@H](O)[C@H](O)[C@H]3O)ccc12.O.O. The van der Waals surface area contributed by atoms with Crippen LogP contribution in [0.15, 0.2) is 67.0 Å². The van der Waals surface area contributed by atoms with E-state index in [2.05, 4.69) is 0 Å². The molecule has 2 aromatic carbocycles. The van der Waals surface area contributed by atoms with Crippen LogP contribution in [0.4, 0.5) is 0 Å². The van der Waals surface area contributed by atoms with E-state index in [4.69, 9.17) is 32.5 Å². The summed E-state index contributed by atoms with van der Waals surface area (Å²) >= 11 is 0. The van der Waals surface area contributed by atoms with Gasteiger partial charge in [-0.15, -0.1) is 0 Å². The molecule has 0 unspecified atom stereocenters. The minimum absolute atomic E-state index is 0. The van der Waals surface area contributed by atoms with E-state index in [1.807, 2.05) is 0 Å². The molecule has 2 saturated heterocycles. The second-order valence-corrected chi connectivity index (χ2v) is 11.5. The van der Waals surface area contributed by atoms with Crippen molar-refractivity contribution >= 4 is 27.9 Å². The maximum atomic E-state index is 13.4. The van der Waals surface area contributed by atoms with Crippen LogP contribution in [-0.4, -0.2) is 104 Å². The average Bonchev–Trinajstić information content (AvgIpc) is 3.01. The lowest BCUT2D eigenvalue weighted by molar-refractivity contribution is -0.293. The van der Waals surface area contributed by atoms with Gasteiger partial charge in [0.2, 0.25) is 12.6 Å². The van der Waals surface area contributed by atoms with Crippen molar-refractivity contribution in [3.8, 4) is 11.5 Å². The van der Waals surface area contributed by atoms with Crippen LogP contribution >= 0.6 is 0 Å². The van der Waals surface area contributed by atoms with Gasteiger partial charge in [-0.25, -0.2) is 14.4 Å². The second-order valence-electron chi connectivity index (χ2n) is 11.5. The number of benzene rings is 2. The Hall–Kier alpha value is -4.43. The molecule has 2 aliphatic rings. The molecular formula is C32H36O17. The Morgan fingerprint density at radius 1 is 0.653 bits per heavy atom. The molecule has 10 atom stereocenters. The number of aliphatic hydroxyl groups excluding tert-OH is 5. The van der Waals surface area contributed by atoms with E-state index in [0.29, 0.717) is 21.9 Å². The van der Waals surface area contributed by atoms with Gasteiger partial charge in [-0.2, -0.15) is 0 Å². The lowest BCUT2D eigenvalue weighted by Gasteiger charge is -2.42. The van der Waals surface area contributed by atoms with Gasteiger partial charge >= 0.3 is 17.2 Å². The maximum absolute atomic E-state index is 13.4. The van der Waals surface area contributed by atoms with E-state index in [-0.39, 0.29) is 33.6 Å². The Bertz CT molecular complexity index is 1920. The highest BCUT2D eigenvalue weighted by atomic mass is 16.7. The summed E-state index contributed by atoms with van der Waals surface area (Å²) in [7, 11) is 0. The van der Waals surface area contributed by atoms with Gasteiger partial charge in [-0.3, -0.25) is 0 Å². The zero-order valence-electron chi connectivity index (χ0n) is 26.2. The summed E-state index contributed by atoms with van der Waals surface area (Å²) < 4.78 is 38.7. The number of ether oxygens (including phenoxy) is 5. The summed E-state index contributed by atoms with van der Waals surface area (Å²) in [6.45, 7) is 4.90. The van der Waals surface area contributed by atoms with Crippen molar-refractivity contribution < 1.29 is 73.8 Å². The van der Waals surface area contributed by atoms with Gasteiger partial charge in [-0.1, -0.05) is 0 Å². The summed E-state index contributed by atoms with van der Waals surface area (Å²) in [5.41, 5.74) is 0.507. The van der Waals surface area contributed by atoms with Crippen molar-refractivity contribution in [2.45, 2.75) is 82.2 Å². The number of aliphatic hydroxyl groups is 5. The molecule has 266 valence electrons. The van der Waals surface area contributed by atoms with Crippen LogP contribution in [0.3, 0.4) is 0 Å². The molecule has 4 heterocycles. The largest absolute Gasteiger partial charge is 0.462 e. The molecule has 17 heteroatoms. The van der Waals surface area contributed by atoms with E-state index in [9.17, 15) is 39.9 Å². The van der Waals surface area contributed by atoms with Crippen LogP contribution in [-0.2, 0) is 19.0 Å². The molecule has 2 aliphatic heterocycles. The fourth-order valence-corrected chi connectivity index (χ4v) is 5.59. The molecule has 0 spiro atoms. The predicted octanol–water partition coefficient (Wildman–Crippen LogP) is -1.49. The molecule has 17 nitrogen and oxygen atoms in total. The summed E-state index contributed by atoms with van der Waals surface area (Å²) in [5, 5.41) is 54.4. The minimum Gasteiger partial charge on any atom is -0.462 e. The van der Waals surface area contributed by atoms with Crippen LogP contribution in [0.5, 0.6) is 11.5 Å². The topological polar surface area (TPSA) is 288 Å². The third-order valence-corrected chi connectivity index (χ3v) is 8.19. The fraction of sp³-hybridized carbons (Fsp3) is 0.406. The second kappa shape index (κ2) is 14.6. The van der Waals surface area contributed by atoms with Crippen molar-refractivity contribution in [3.63, 3.8) is 0 Å². The van der Waals surface area contributed by atoms with E-state index in [0.717, 1.165) is 0 Å². The van der Waals surface area contributed by atoms with Crippen LogP contribution in [0.2, 0.25) is 0 Å². The molecule has 0 amide bonds. The Balaban J connectivity index is 0.00000270. The number of hydrogen-bond acceptors (Lipinski definition) is 15. The van der Waals surface area contributed by atoms with Gasteiger partial charge in [0.05, 0.1) is 6.10 Å². The molecule has 6 rings (SSSR count). The Labute approximate surface area is 276 Å². The fourth-order valence-electron chi connectivity index (χ4n) is 5.59. The Morgan fingerprint density at radius 3 is 1.69 bits per heavy atom. The summed E-state index contributed by atoms with van der Waals surface area (Å²) in [4.78, 5) is 37.1. The van der Waals surface area contributed by atoms with Gasteiger partial charge in [0.15, 0.2) is 12.2 Å². The van der Waals surface area contributed by atoms with Gasteiger partial charge in [0.25, 0.3) is 0 Å². The van der Waals surface area contributed by atoms with E-state index < -0.39 is 78.6 Å². The molecule has 9 N–H and O–H groups in total. The molecule has 0 aliphatic carbocycles. The van der Waals surface area contributed by atoms with Crippen molar-refractivity contribution in [1.82, 2.24) is 0 Å². The van der Waals surface area contributed by atoms with E-state index in [1.165, 1.54) is 43.3 Å². The first-order chi connectivity index (χ1) is 22.3. The number of carbonyl (C=O) groups excluding carboxylic acids is 1. The number of carbonyl (C=O) groups is 1. The monoisotopic (exact) mass is 692 g/mol. The standard InChI is InChI=1S/C32H32O15.2H2O/c1-12-8-21(33)44-19-10-15(4-6-17(12)19)42-31-27(39)24(36)26(38)28(47-31)30(40)46-29-25(37)23(35)14(3)41-32(29)43-16-5-7-18-13(2)9-22(34)45-20(18)11-16;;/h4-11,14,23-29,31-32,35-39H,1-3H3;2*1H2/t14-,23-,24+,25+,26+,27-,28+,29-,31-,32+;;/m1../s1. The number of rotatable bonds is 6. The highest BCUT2D eigenvalue weighted by molar-refractivity contribution is 5.82. The Morgan fingerprint density at radius 2 is 1.16 bits per heavy atom. The highest BCUT2D eigenvalue weighted by Gasteiger charge is 2.52. The third kappa shape index (κ3) is 7.30. The summed E-state index contributed by atoms with van der Waals surface area (Å²) in [6.07, 6.45) is -16.9. The smallest absolute Gasteiger partial charge is 0.338 e. The lowest BCUT2D eigenvalue weighted by atomic mass is 9.97. The molecule has 0 radical (unpaired) electrons. The van der Waals surface area contributed by atoms with E-state index in [1.54, 1.807) is 26.0 Å². The molecular weight excluding hydrogens is 656 g/mol. The minimum atomic E-state index is -2.01. The summed E-state index contributed by atoms with van der Waals surface area (Å²) in [6, 6.07) is 11.6. The first-order valence-corrected chi connectivity index (χ1v) is 14.6. The van der Waals surface area contributed by atoms with Gasteiger partial charge < -0.3 is 69.0 Å². The number of esters is 1. The first kappa shape index (κ1) is 37.4. The van der Waals surface area contributed by atoms with Crippen molar-refractivity contribution in [3.05, 3.63) is 80.5 Å². The predicted molar refractivity (Wildman–Crippen MR) is 166 cm³/mol. The average molecular weight is 693 g/mol. The van der Waals surface area contributed by atoms with Crippen molar-refractivity contribution in [1.29, 1.82) is 0 Å². The van der Waals surface area contributed by atoms with Gasteiger partial charge in [-0.05, 0) is 56.2 Å². The molecule has 49 heavy (non-hydrogen) atoms. The molecule has 0 saturated carbocycles. The van der Waals surface area contributed by atoms with Crippen LogP contribution in [0, 0.1) is 13.8 Å². The third-order valence-electron chi connectivity index (χ3n) is 8.19.